The van der Waals surface area contributed by atoms with Crippen molar-refractivity contribution in [2.45, 2.75) is 20.0 Å². The molecular weight excluding hydrogens is 309 g/mol. The molecule has 0 aromatic carbocycles. The minimum atomic E-state index is -2.02. The van der Waals surface area contributed by atoms with Crippen molar-refractivity contribution in [1.82, 2.24) is 9.97 Å². The summed E-state index contributed by atoms with van der Waals surface area (Å²) in [6, 6.07) is 4.81. The van der Waals surface area contributed by atoms with Gasteiger partial charge in [-0.25, -0.2) is 14.2 Å². The summed E-state index contributed by atoms with van der Waals surface area (Å²) in [5, 5.41) is 0.128. The first-order valence-electron chi connectivity index (χ1n) is 6.64. The number of aryl methyl sites for hydroxylation is 1. The van der Waals surface area contributed by atoms with E-state index in [-0.39, 0.29) is 17.5 Å². The molecule has 0 spiro atoms. The molecule has 0 fully saturated rings. The lowest BCUT2D eigenvalue weighted by Crippen LogP contribution is -2.14. The highest BCUT2D eigenvalue weighted by molar-refractivity contribution is 6.32. The molecule has 2 heterocycles. The molecule has 116 valence electrons. The van der Waals surface area contributed by atoms with Crippen molar-refractivity contribution in [2.24, 2.45) is 0 Å². The van der Waals surface area contributed by atoms with E-state index in [9.17, 15) is 9.18 Å². The second-order valence-electron chi connectivity index (χ2n) is 4.57. The lowest BCUT2D eigenvalue weighted by molar-refractivity contribution is -0.149. The summed E-state index contributed by atoms with van der Waals surface area (Å²) >= 11 is 6.13. The standard InChI is InChI=1S/C15H15ClFN3O2/c1-3-22-15(21)12(17)13-9(5-4-6-19-13)11-10(18)7-8(2)20-14(11)16/h4-7,12H,3H2,1-2H3,(H2,18,20). The van der Waals surface area contributed by atoms with Crippen LogP contribution in [-0.4, -0.2) is 22.5 Å². The minimum Gasteiger partial charge on any atom is -0.464 e. The number of nitrogens with zero attached hydrogens (tertiary/aromatic N) is 2. The van der Waals surface area contributed by atoms with E-state index in [4.69, 9.17) is 22.1 Å². The van der Waals surface area contributed by atoms with Crippen molar-refractivity contribution >= 4 is 23.3 Å². The molecule has 1 atom stereocenters. The Morgan fingerprint density at radius 2 is 2.27 bits per heavy atom. The SMILES string of the molecule is CCOC(=O)C(F)c1ncccc1-c1c(N)cc(C)nc1Cl. The molecule has 0 aliphatic carbocycles. The van der Waals surface area contributed by atoms with Crippen molar-refractivity contribution in [3.05, 3.63) is 40.9 Å². The van der Waals surface area contributed by atoms with Crippen molar-refractivity contribution < 1.29 is 13.9 Å². The van der Waals surface area contributed by atoms with E-state index in [0.29, 0.717) is 22.5 Å². The van der Waals surface area contributed by atoms with Crippen molar-refractivity contribution in [3.8, 4) is 11.1 Å². The topological polar surface area (TPSA) is 78.1 Å². The van der Waals surface area contributed by atoms with Gasteiger partial charge in [0.2, 0.25) is 6.17 Å². The Labute approximate surface area is 132 Å². The molecule has 1 unspecified atom stereocenters. The molecule has 7 heteroatoms. The summed E-state index contributed by atoms with van der Waals surface area (Å²) in [5.41, 5.74) is 7.51. The summed E-state index contributed by atoms with van der Waals surface area (Å²) in [7, 11) is 0. The van der Waals surface area contributed by atoms with Gasteiger partial charge in [0.15, 0.2) is 0 Å². The highest BCUT2D eigenvalue weighted by Crippen LogP contribution is 2.37. The van der Waals surface area contributed by atoms with Gasteiger partial charge in [0.1, 0.15) is 5.15 Å². The summed E-state index contributed by atoms with van der Waals surface area (Å²) in [5.74, 6) is -1.00. The quantitative estimate of drug-likeness (QED) is 0.690. The third kappa shape index (κ3) is 3.17. The third-order valence-electron chi connectivity index (χ3n) is 2.98. The smallest absolute Gasteiger partial charge is 0.347 e. The fraction of sp³-hybridized carbons (Fsp3) is 0.267. The summed E-state index contributed by atoms with van der Waals surface area (Å²) in [6.45, 7) is 3.42. The zero-order valence-corrected chi connectivity index (χ0v) is 12.9. The predicted molar refractivity (Wildman–Crippen MR) is 82.1 cm³/mol. The second-order valence-corrected chi connectivity index (χ2v) is 4.93. The van der Waals surface area contributed by atoms with Crippen LogP contribution in [0.15, 0.2) is 24.4 Å². The van der Waals surface area contributed by atoms with Crippen molar-refractivity contribution in [3.63, 3.8) is 0 Å². The number of alkyl halides is 1. The highest BCUT2D eigenvalue weighted by atomic mass is 35.5. The highest BCUT2D eigenvalue weighted by Gasteiger charge is 2.27. The number of nitrogen functional groups attached to an aromatic ring is 1. The zero-order chi connectivity index (χ0) is 16.3. The average Bonchev–Trinajstić information content (AvgIpc) is 2.46. The number of hydrogen-bond donors (Lipinski definition) is 1. The number of ether oxygens (including phenoxy) is 1. The molecule has 2 aromatic heterocycles. The lowest BCUT2D eigenvalue weighted by atomic mass is 10.0. The molecule has 5 nitrogen and oxygen atoms in total. The van der Waals surface area contributed by atoms with Crippen LogP contribution in [0.1, 0.15) is 24.5 Å². The van der Waals surface area contributed by atoms with Crippen LogP contribution in [0.25, 0.3) is 11.1 Å². The molecule has 2 rings (SSSR count). The Kier molecular flexibility index (Phi) is 4.92. The zero-order valence-electron chi connectivity index (χ0n) is 12.1. The second kappa shape index (κ2) is 6.70. The van der Waals surface area contributed by atoms with E-state index in [1.165, 1.54) is 6.20 Å². The van der Waals surface area contributed by atoms with Crippen LogP contribution < -0.4 is 5.73 Å². The fourth-order valence-corrected chi connectivity index (χ4v) is 2.43. The molecule has 22 heavy (non-hydrogen) atoms. The number of halogens is 2. The monoisotopic (exact) mass is 323 g/mol. The van der Waals surface area contributed by atoms with Gasteiger partial charge < -0.3 is 10.5 Å². The number of nitrogens with two attached hydrogens (primary N) is 1. The van der Waals surface area contributed by atoms with Gasteiger partial charge in [-0.15, -0.1) is 0 Å². The Balaban J connectivity index is 2.57. The largest absolute Gasteiger partial charge is 0.464 e. The van der Waals surface area contributed by atoms with Gasteiger partial charge >= 0.3 is 5.97 Å². The first-order valence-corrected chi connectivity index (χ1v) is 7.02. The van der Waals surface area contributed by atoms with Gasteiger partial charge in [0, 0.05) is 28.7 Å². The molecule has 0 aliphatic heterocycles. The van der Waals surface area contributed by atoms with Gasteiger partial charge in [-0.3, -0.25) is 4.98 Å². The maximum absolute atomic E-state index is 14.4. The van der Waals surface area contributed by atoms with Gasteiger partial charge in [0.05, 0.1) is 12.3 Å². The van der Waals surface area contributed by atoms with Gasteiger partial charge in [0.25, 0.3) is 0 Å². The summed E-state index contributed by atoms with van der Waals surface area (Å²) < 4.78 is 19.1. The molecule has 0 bridgehead atoms. The number of rotatable bonds is 4. The van der Waals surface area contributed by atoms with E-state index in [2.05, 4.69) is 9.97 Å². The van der Waals surface area contributed by atoms with Crippen LogP contribution >= 0.6 is 11.6 Å². The number of pyridine rings is 2. The van der Waals surface area contributed by atoms with Gasteiger partial charge in [-0.1, -0.05) is 17.7 Å². The van der Waals surface area contributed by atoms with Crippen molar-refractivity contribution in [1.29, 1.82) is 0 Å². The molecule has 0 amide bonds. The maximum atomic E-state index is 14.4. The normalized spacial score (nSPS) is 12.0. The van der Waals surface area contributed by atoms with Crippen molar-refractivity contribution in [2.75, 3.05) is 12.3 Å². The lowest BCUT2D eigenvalue weighted by Gasteiger charge is -2.14. The van der Waals surface area contributed by atoms with Crippen LogP contribution in [0.2, 0.25) is 5.15 Å². The Morgan fingerprint density at radius 1 is 1.55 bits per heavy atom. The molecule has 0 saturated heterocycles. The minimum absolute atomic E-state index is 0.0798. The number of anilines is 1. The van der Waals surface area contributed by atoms with E-state index in [1.807, 2.05) is 0 Å². The van der Waals surface area contributed by atoms with Crippen LogP contribution in [0.5, 0.6) is 0 Å². The van der Waals surface area contributed by atoms with Crippen LogP contribution in [-0.2, 0) is 9.53 Å². The first-order chi connectivity index (χ1) is 10.5. The van der Waals surface area contributed by atoms with Gasteiger partial charge in [-0.2, -0.15) is 0 Å². The third-order valence-corrected chi connectivity index (χ3v) is 3.25. The van der Waals surface area contributed by atoms with E-state index < -0.39 is 12.1 Å². The number of aromatic nitrogens is 2. The molecule has 0 radical (unpaired) electrons. The van der Waals surface area contributed by atoms with Gasteiger partial charge in [-0.05, 0) is 26.0 Å². The predicted octanol–water partition coefficient (Wildman–Crippen LogP) is 3.26. The van der Waals surface area contributed by atoms with E-state index >= 15 is 0 Å². The molecule has 0 saturated carbocycles. The molecular formula is C15H15ClFN3O2. The number of esters is 1. The summed E-state index contributed by atoms with van der Waals surface area (Å²) in [4.78, 5) is 19.7. The number of carbonyl (C=O) groups excluding carboxylic acids is 1. The van der Waals surface area contributed by atoms with Crippen LogP contribution in [0.3, 0.4) is 0 Å². The Bertz CT molecular complexity index is 686. The number of carbonyl (C=O) groups is 1. The Hall–Kier alpha value is -2.21. The average molecular weight is 324 g/mol. The Morgan fingerprint density at radius 3 is 2.91 bits per heavy atom. The summed E-state index contributed by atoms with van der Waals surface area (Å²) in [6.07, 6.45) is -0.635. The fourth-order valence-electron chi connectivity index (χ4n) is 2.08. The van der Waals surface area contributed by atoms with E-state index in [1.54, 1.807) is 32.0 Å². The maximum Gasteiger partial charge on any atom is 0.347 e. The molecule has 0 aliphatic rings. The molecule has 2 N–H and O–H groups in total. The number of hydrogen-bond acceptors (Lipinski definition) is 5. The van der Waals surface area contributed by atoms with Crippen LogP contribution in [0, 0.1) is 6.92 Å². The van der Waals surface area contributed by atoms with Crippen LogP contribution in [0.4, 0.5) is 10.1 Å². The molecule has 2 aromatic rings. The first kappa shape index (κ1) is 16.2. The van der Waals surface area contributed by atoms with E-state index in [0.717, 1.165) is 0 Å².